The van der Waals surface area contributed by atoms with Crippen LogP contribution in [-0.4, -0.2) is 7.11 Å². The molecule has 1 aliphatic carbocycles. The molecule has 0 heterocycles. The molecule has 2 aromatic rings. The van der Waals surface area contributed by atoms with Crippen LogP contribution < -0.4 is 4.74 Å². The summed E-state index contributed by atoms with van der Waals surface area (Å²) >= 11 is -0.826. The topological polar surface area (TPSA) is 9.23 Å². The maximum absolute atomic E-state index is 5.99. The zero-order chi connectivity index (χ0) is 22.0. The SMILES string of the molecule is COc1c(C(C)(C)C)cc2c(c1-c1ccc(C(C)(C)C)cc1)C=C(C)C2.[Cl][Zr][Cl]. The van der Waals surface area contributed by atoms with Crippen molar-refractivity contribution in [3.8, 4) is 16.9 Å². The van der Waals surface area contributed by atoms with Crippen LogP contribution in [0, 0.1) is 0 Å². The van der Waals surface area contributed by atoms with E-state index < -0.39 is 20.8 Å². The summed E-state index contributed by atoms with van der Waals surface area (Å²) in [5.41, 5.74) is 9.49. The summed E-state index contributed by atoms with van der Waals surface area (Å²) in [6.45, 7) is 15.8. The van der Waals surface area contributed by atoms with E-state index in [1.54, 1.807) is 7.11 Å². The fourth-order valence-corrected chi connectivity index (χ4v) is 3.84. The predicted molar refractivity (Wildman–Crippen MR) is 125 cm³/mol. The van der Waals surface area contributed by atoms with E-state index in [9.17, 15) is 0 Å². The number of methoxy groups -OCH3 is 1. The molecule has 0 bridgehead atoms. The van der Waals surface area contributed by atoms with Crippen LogP contribution in [0.3, 0.4) is 0 Å². The van der Waals surface area contributed by atoms with Crippen LogP contribution in [0.5, 0.6) is 5.75 Å². The Balaban J connectivity index is 0.000000941. The zero-order valence-electron chi connectivity index (χ0n) is 18.8. The molecule has 4 heteroatoms. The second-order valence-electron chi connectivity index (χ2n) is 9.72. The van der Waals surface area contributed by atoms with Gasteiger partial charge in [0.1, 0.15) is 5.75 Å². The van der Waals surface area contributed by atoms with Gasteiger partial charge in [0.15, 0.2) is 0 Å². The van der Waals surface area contributed by atoms with E-state index in [2.05, 4.69) is 84.9 Å². The van der Waals surface area contributed by atoms with Gasteiger partial charge in [-0.15, -0.1) is 0 Å². The summed E-state index contributed by atoms with van der Waals surface area (Å²) in [7, 11) is 11.7. The number of ether oxygens (including phenoxy) is 1. The van der Waals surface area contributed by atoms with Crippen molar-refractivity contribution in [2.24, 2.45) is 0 Å². The van der Waals surface area contributed by atoms with Gasteiger partial charge in [0, 0.05) is 11.1 Å². The summed E-state index contributed by atoms with van der Waals surface area (Å²) < 4.78 is 5.99. The zero-order valence-corrected chi connectivity index (χ0v) is 22.8. The molecule has 3 rings (SSSR count). The van der Waals surface area contributed by atoms with Crippen LogP contribution in [0.25, 0.3) is 17.2 Å². The van der Waals surface area contributed by atoms with E-state index in [1.807, 2.05) is 0 Å². The molecule has 1 aliphatic rings. The van der Waals surface area contributed by atoms with Crippen molar-refractivity contribution in [2.75, 3.05) is 7.11 Å². The number of benzene rings is 2. The Morgan fingerprint density at radius 2 is 1.48 bits per heavy atom. The van der Waals surface area contributed by atoms with Gasteiger partial charge in [0.05, 0.1) is 7.11 Å². The summed E-state index contributed by atoms with van der Waals surface area (Å²) in [6.07, 6.45) is 3.37. The van der Waals surface area contributed by atoms with Crippen LogP contribution >= 0.6 is 17.0 Å². The molecular formula is C25H32Cl2OZr. The first-order valence-corrected chi connectivity index (χ1v) is 16.3. The van der Waals surface area contributed by atoms with Gasteiger partial charge in [-0.1, -0.05) is 83.5 Å². The van der Waals surface area contributed by atoms with E-state index in [4.69, 9.17) is 21.8 Å². The van der Waals surface area contributed by atoms with Crippen molar-refractivity contribution in [1.29, 1.82) is 0 Å². The van der Waals surface area contributed by atoms with Crippen LogP contribution in [0.4, 0.5) is 0 Å². The van der Waals surface area contributed by atoms with Gasteiger partial charge >= 0.3 is 37.9 Å². The van der Waals surface area contributed by atoms with E-state index in [0.29, 0.717) is 0 Å². The first-order valence-electron chi connectivity index (χ1n) is 9.92. The van der Waals surface area contributed by atoms with Gasteiger partial charge in [-0.25, -0.2) is 0 Å². The number of hydrogen-bond acceptors (Lipinski definition) is 1. The summed E-state index contributed by atoms with van der Waals surface area (Å²) in [4.78, 5) is 0. The third-order valence-corrected chi connectivity index (χ3v) is 5.32. The molecule has 0 aliphatic heterocycles. The quantitative estimate of drug-likeness (QED) is 0.395. The Morgan fingerprint density at radius 1 is 0.931 bits per heavy atom. The molecule has 0 aromatic heterocycles. The van der Waals surface area contributed by atoms with Crippen molar-refractivity contribution in [1.82, 2.24) is 0 Å². The summed E-state index contributed by atoms with van der Waals surface area (Å²) in [5.74, 6) is 1.02. The third kappa shape index (κ3) is 5.78. The molecule has 0 saturated heterocycles. The molecule has 0 spiro atoms. The minimum atomic E-state index is -0.826. The van der Waals surface area contributed by atoms with Gasteiger partial charge in [0.25, 0.3) is 0 Å². The average Bonchev–Trinajstić information content (AvgIpc) is 2.99. The van der Waals surface area contributed by atoms with Crippen molar-refractivity contribution in [2.45, 2.75) is 65.7 Å². The molecule has 2 aromatic carbocycles. The Bertz CT molecular complexity index is 885. The standard InChI is InChI=1S/C25H32O.2ClH.Zr/c1-16-13-18-15-21(25(5,6)7)23(26-8)22(20(18)14-16)17-9-11-19(12-10-17)24(2,3)4;;;/h9-12,14-15H,13H2,1-8H3;2*1H;/q;;;+2/p-2. The molecular weight excluding hydrogens is 478 g/mol. The number of fused-ring (bicyclic) bond motifs is 1. The van der Waals surface area contributed by atoms with E-state index in [-0.39, 0.29) is 10.8 Å². The number of rotatable bonds is 2. The van der Waals surface area contributed by atoms with Gasteiger partial charge in [0.2, 0.25) is 0 Å². The second kappa shape index (κ2) is 9.72. The van der Waals surface area contributed by atoms with Gasteiger partial charge in [-0.2, -0.15) is 0 Å². The molecule has 0 unspecified atom stereocenters. The Kier molecular flexibility index (Phi) is 8.28. The maximum atomic E-state index is 5.99. The molecule has 29 heavy (non-hydrogen) atoms. The summed E-state index contributed by atoms with van der Waals surface area (Å²) in [5, 5.41) is 0. The Morgan fingerprint density at radius 3 is 1.93 bits per heavy atom. The van der Waals surface area contributed by atoms with Crippen molar-refractivity contribution in [3.05, 3.63) is 58.2 Å². The summed E-state index contributed by atoms with van der Waals surface area (Å²) in [6, 6.07) is 11.4. The van der Waals surface area contributed by atoms with Crippen LogP contribution in [-0.2, 0) is 38.1 Å². The van der Waals surface area contributed by atoms with Crippen molar-refractivity contribution >= 4 is 23.1 Å². The first kappa shape index (κ1) is 24.7. The van der Waals surface area contributed by atoms with Crippen LogP contribution in [0.15, 0.2) is 35.9 Å². The van der Waals surface area contributed by atoms with Crippen LogP contribution in [0.1, 0.15) is 70.7 Å². The number of allylic oxidation sites excluding steroid dienone is 1. The fourth-order valence-electron chi connectivity index (χ4n) is 3.84. The van der Waals surface area contributed by atoms with Gasteiger partial charge in [-0.05, 0) is 46.4 Å². The molecule has 0 radical (unpaired) electrons. The van der Waals surface area contributed by atoms with E-state index in [0.717, 1.165) is 12.2 Å². The number of hydrogen-bond donors (Lipinski definition) is 0. The molecule has 0 saturated carbocycles. The molecule has 156 valence electrons. The van der Waals surface area contributed by atoms with Gasteiger partial charge in [-0.3, -0.25) is 0 Å². The molecule has 0 N–H and O–H groups in total. The van der Waals surface area contributed by atoms with Gasteiger partial charge < -0.3 is 4.74 Å². The molecule has 0 fully saturated rings. The van der Waals surface area contributed by atoms with E-state index in [1.165, 1.54) is 39.0 Å². The minimum absolute atomic E-state index is 0.0387. The molecule has 1 nitrogen and oxygen atoms in total. The predicted octanol–water partition coefficient (Wildman–Crippen LogP) is 8.29. The van der Waals surface area contributed by atoms with Crippen LogP contribution in [0.2, 0.25) is 0 Å². The normalized spacial score (nSPS) is 13.2. The first-order chi connectivity index (χ1) is 13.4. The molecule has 0 atom stereocenters. The fraction of sp³-hybridized carbons (Fsp3) is 0.440. The third-order valence-electron chi connectivity index (χ3n) is 5.32. The second-order valence-corrected chi connectivity index (χ2v) is 13.5. The van der Waals surface area contributed by atoms with Crippen molar-refractivity contribution in [3.63, 3.8) is 0 Å². The van der Waals surface area contributed by atoms with Crippen molar-refractivity contribution < 1.29 is 25.6 Å². The Hall–Kier alpha value is -0.557. The average molecular weight is 511 g/mol. The monoisotopic (exact) mass is 508 g/mol. The van der Waals surface area contributed by atoms with E-state index >= 15 is 0 Å². The number of halogens is 2. The molecule has 0 amide bonds. The Labute approximate surface area is 195 Å².